The lowest BCUT2D eigenvalue weighted by atomic mass is 9.92. The Morgan fingerprint density at radius 1 is 1.19 bits per heavy atom. The maximum absolute atomic E-state index is 5.46. The topological polar surface area (TPSA) is 12.5 Å². The Morgan fingerprint density at radius 2 is 1.90 bits per heavy atom. The van der Waals surface area contributed by atoms with Crippen molar-refractivity contribution in [3.63, 3.8) is 0 Å². The minimum atomic E-state index is 0.647. The van der Waals surface area contributed by atoms with Gasteiger partial charge in [-0.3, -0.25) is 0 Å². The number of ether oxygens (including phenoxy) is 1. The summed E-state index contributed by atoms with van der Waals surface area (Å²) in [5.41, 5.74) is 4.31. The predicted molar refractivity (Wildman–Crippen MR) is 90.0 cm³/mol. The molecule has 1 aromatic carbocycles. The normalized spacial score (nSPS) is 18.1. The smallest absolute Gasteiger partial charge is 0.0469 e. The lowest BCUT2D eigenvalue weighted by molar-refractivity contribution is 0.0550. The maximum atomic E-state index is 5.46. The Morgan fingerprint density at radius 3 is 2.52 bits per heavy atom. The molecule has 2 rings (SSSR count). The van der Waals surface area contributed by atoms with Crippen molar-refractivity contribution in [3.05, 3.63) is 34.9 Å². The molecule has 21 heavy (non-hydrogen) atoms. The zero-order chi connectivity index (χ0) is 15.2. The maximum Gasteiger partial charge on any atom is 0.0469 e. The summed E-state index contributed by atoms with van der Waals surface area (Å²) in [5.74, 6) is 1.47. The van der Waals surface area contributed by atoms with Gasteiger partial charge >= 0.3 is 0 Å². The van der Waals surface area contributed by atoms with Crippen molar-refractivity contribution in [1.29, 1.82) is 0 Å². The second kappa shape index (κ2) is 7.95. The van der Waals surface area contributed by atoms with Crippen LogP contribution >= 0.6 is 0 Å². The second-order valence-electron chi connectivity index (χ2n) is 6.73. The summed E-state index contributed by atoms with van der Waals surface area (Å²) < 4.78 is 5.46. The van der Waals surface area contributed by atoms with Crippen LogP contribution in [0.4, 0.5) is 0 Å². The van der Waals surface area contributed by atoms with E-state index in [2.05, 4.69) is 50.9 Å². The van der Waals surface area contributed by atoms with Crippen molar-refractivity contribution < 1.29 is 4.74 Å². The van der Waals surface area contributed by atoms with E-state index >= 15 is 0 Å². The van der Waals surface area contributed by atoms with Gasteiger partial charge in [0, 0.05) is 26.3 Å². The number of aryl methyl sites for hydroxylation is 2. The van der Waals surface area contributed by atoms with E-state index in [4.69, 9.17) is 4.74 Å². The molecular weight excluding hydrogens is 258 g/mol. The van der Waals surface area contributed by atoms with Crippen LogP contribution in [0.15, 0.2) is 18.2 Å². The molecule has 1 aromatic rings. The largest absolute Gasteiger partial charge is 0.381 e. The fourth-order valence-electron chi connectivity index (χ4n) is 3.31. The highest BCUT2D eigenvalue weighted by atomic mass is 16.5. The molecule has 2 heteroatoms. The first-order valence-corrected chi connectivity index (χ1v) is 8.43. The van der Waals surface area contributed by atoms with Crippen molar-refractivity contribution in [2.45, 2.75) is 46.0 Å². The van der Waals surface area contributed by atoms with Crippen molar-refractivity contribution in [1.82, 2.24) is 4.90 Å². The minimum absolute atomic E-state index is 0.647. The molecule has 1 fully saturated rings. The summed E-state index contributed by atoms with van der Waals surface area (Å²) in [6.45, 7) is 11.0. The Labute approximate surface area is 130 Å². The number of hydrogen-bond donors (Lipinski definition) is 0. The van der Waals surface area contributed by atoms with Crippen LogP contribution in [0.3, 0.4) is 0 Å². The van der Waals surface area contributed by atoms with Gasteiger partial charge in [0.2, 0.25) is 0 Å². The summed E-state index contributed by atoms with van der Waals surface area (Å²) in [7, 11) is 2.28. The number of hydrogen-bond acceptors (Lipinski definition) is 2. The molecule has 0 saturated carbocycles. The number of likely N-dealkylation sites (N-methyl/N-ethyl adjacent to an activating group) is 1. The number of nitrogens with zero attached hydrogens (tertiary/aromatic N) is 1. The molecule has 1 saturated heterocycles. The Balaban J connectivity index is 1.92. The van der Waals surface area contributed by atoms with Crippen molar-refractivity contribution in [3.8, 4) is 0 Å². The van der Waals surface area contributed by atoms with E-state index < -0.39 is 0 Å². The first kappa shape index (κ1) is 16.5. The van der Waals surface area contributed by atoms with Crippen molar-refractivity contribution >= 4 is 0 Å². The molecule has 2 nitrogen and oxygen atoms in total. The predicted octanol–water partition coefficient (Wildman–Crippen LogP) is 4.16. The van der Waals surface area contributed by atoms with Crippen LogP contribution in [0.5, 0.6) is 0 Å². The molecule has 0 radical (unpaired) electrons. The van der Waals surface area contributed by atoms with Gasteiger partial charge in [-0.15, -0.1) is 0 Å². The highest BCUT2D eigenvalue weighted by molar-refractivity contribution is 5.32. The fourth-order valence-corrected chi connectivity index (χ4v) is 3.31. The van der Waals surface area contributed by atoms with Gasteiger partial charge in [-0.2, -0.15) is 0 Å². The third kappa shape index (κ3) is 4.82. The minimum Gasteiger partial charge on any atom is -0.381 e. The van der Waals surface area contributed by atoms with E-state index in [-0.39, 0.29) is 0 Å². The number of benzene rings is 1. The Hall–Kier alpha value is -0.860. The van der Waals surface area contributed by atoms with Gasteiger partial charge in [0.05, 0.1) is 0 Å². The fraction of sp³-hybridized carbons (Fsp3) is 0.684. The molecule has 1 atom stereocenters. The van der Waals surface area contributed by atoms with Crippen molar-refractivity contribution in [2.75, 3.05) is 33.4 Å². The SMILES string of the molecule is CCC(CN(C)CC1CCOCC1)c1ccc(C)c(C)c1. The van der Waals surface area contributed by atoms with E-state index in [9.17, 15) is 0 Å². The van der Waals surface area contributed by atoms with Crippen LogP contribution in [0.25, 0.3) is 0 Å². The van der Waals surface area contributed by atoms with E-state index in [0.29, 0.717) is 5.92 Å². The molecule has 0 amide bonds. The molecular formula is C19H31NO. The summed E-state index contributed by atoms with van der Waals surface area (Å²) in [6.07, 6.45) is 3.66. The molecule has 1 unspecified atom stereocenters. The van der Waals surface area contributed by atoms with Gasteiger partial charge in [0.1, 0.15) is 0 Å². The van der Waals surface area contributed by atoms with E-state index in [0.717, 1.165) is 25.7 Å². The zero-order valence-corrected chi connectivity index (χ0v) is 14.2. The van der Waals surface area contributed by atoms with Crippen LogP contribution in [-0.2, 0) is 4.74 Å². The lowest BCUT2D eigenvalue weighted by Crippen LogP contribution is -2.32. The van der Waals surface area contributed by atoms with Gasteiger partial charge < -0.3 is 9.64 Å². The summed E-state index contributed by atoms with van der Waals surface area (Å²) in [4.78, 5) is 2.53. The summed E-state index contributed by atoms with van der Waals surface area (Å²) >= 11 is 0. The molecule has 0 aliphatic carbocycles. The number of rotatable bonds is 6. The van der Waals surface area contributed by atoms with Crippen LogP contribution < -0.4 is 0 Å². The highest BCUT2D eigenvalue weighted by Crippen LogP contribution is 2.24. The van der Waals surface area contributed by atoms with Gasteiger partial charge in [-0.05, 0) is 68.7 Å². The molecule has 0 aromatic heterocycles. The van der Waals surface area contributed by atoms with E-state index in [1.54, 1.807) is 0 Å². The monoisotopic (exact) mass is 289 g/mol. The lowest BCUT2D eigenvalue weighted by Gasteiger charge is -2.29. The average Bonchev–Trinajstić information content (AvgIpc) is 2.49. The van der Waals surface area contributed by atoms with Crippen molar-refractivity contribution in [2.24, 2.45) is 5.92 Å². The van der Waals surface area contributed by atoms with Gasteiger partial charge in [0.25, 0.3) is 0 Å². The molecule has 1 aliphatic rings. The quantitative estimate of drug-likeness (QED) is 0.780. The summed E-state index contributed by atoms with van der Waals surface area (Å²) in [5, 5.41) is 0. The summed E-state index contributed by atoms with van der Waals surface area (Å²) in [6, 6.07) is 6.97. The Bertz CT molecular complexity index is 437. The van der Waals surface area contributed by atoms with Crippen LogP contribution in [0.1, 0.15) is 48.8 Å². The average molecular weight is 289 g/mol. The molecule has 118 valence electrons. The third-order valence-electron chi connectivity index (χ3n) is 4.94. The van der Waals surface area contributed by atoms with Gasteiger partial charge in [-0.25, -0.2) is 0 Å². The van der Waals surface area contributed by atoms with Crippen LogP contribution in [-0.4, -0.2) is 38.3 Å². The Kier molecular flexibility index (Phi) is 6.25. The van der Waals surface area contributed by atoms with E-state index in [1.807, 2.05) is 0 Å². The first-order chi connectivity index (χ1) is 10.1. The first-order valence-electron chi connectivity index (χ1n) is 8.43. The van der Waals surface area contributed by atoms with Gasteiger partial charge in [0.15, 0.2) is 0 Å². The highest BCUT2D eigenvalue weighted by Gasteiger charge is 2.18. The van der Waals surface area contributed by atoms with Gasteiger partial charge in [-0.1, -0.05) is 25.1 Å². The van der Waals surface area contributed by atoms with Crippen LogP contribution in [0.2, 0.25) is 0 Å². The second-order valence-corrected chi connectivity index (χ2v) is 6.73. The van der Waals surface area contributed by atoms with Crippen LogP contribution in [0, 0.1) is 19.8 Å². The zero-order valence-electron chi connectivity index (χ0n) is 14.2. The third-order valence-corrected chi connectivity index (χ3v) is 4.94. The molecule has 1 heterocycles. The molecule has 1 aliphatic heterocycles. The standard InChI is InChI=1S/C19H31NO/c1-5-18(19-7-6-15(2)16(3)12-19)14-20(4)13-17-8-10-21-11-9-17/h6-7,12,17-18H,5,8-11,13-14H2,1-4H3. The molecule has 0 spiro atoms. The molecule has 0 bridgehead atoms. The van der Waals surface area contributed by atoms with E-state index in [1.165, 1.54) is 42.5 Å². The molecule has 0 N–H and O–H groups in total.